The smallest absolute Gasteiger partial charge is 0.220 e. The van der Waals surface area contributed by atoms with Crippen molar-refractivity contribution in [3.05, 3.63) is 0 Å². The number of aliphatic hydroxyl groups is 5. The van der Waals surface area contributed by atoms with E-state index in [9.17, 15) is 30.3 Å². The van der Waals surface area contributed by atoms with E-state index >= 15 is 0 Å². The number of amides is 1. The SMILES string of the molecule is CCCCCCCCCCCCCCCCCCCCCCCCCCCC(=O)NC(COC1OC(CO)C(O)C(O)C1O)C(O)CCCCCCCCCCC. The normalized spacial score (nSPS) is 20.9. The number of nitrogens with one attached hydrogen (secondary N) is 1. The Kier molecular flexibility index (Phi) is 37.4. The monoisotopic (exact) mass is 814 g/mol. The maximum absolute atomic E-state index is 13.0. The van der Waals surface area contributed by atoms with Crippen LogP contribution >= 0.6 is 0 Å². The number of carbonyl (C=O) groups excluding carboxylic acids is 1. The molecule has 1 aliphatic heterocycles. The number of unbranched alkanes of at least 4 members (excludes halogenated alkanes) is 32. The summed E-state index contributed by atoms with van der Waals surface area (Å²) in [5, 5.41) is 54.2. The summed E-state index contributed by atoms with van der Waals surface area (Å²) >= 11 is 0. The van der Waals surface area contributed by atoms with Crippen LogP contribution in [0, 0.1) is 0 Å². The molecule has 7 unspecified atom stereocenters. The Morgan fingerprint density at radius 1 is 0.526 bits per heavy atom. The van der Waals surface area contributed by atoms with Gasteiger partial charge in [0.25, 0.3) is 0 Å². The summed E-state index contributed by atoms with van der Waals surface area (Å²) in [4.78, 5) is 13.0. The van der Waals surface area contributed by atoms with Crippen molar-refractivity contribution < 1.29 is 39.8 Å². The average Bonchev–Trinajstić information content (AvgIpc) is 3.21. The van der Waals surface area contributed by atoms with E-state index in [0.717, 1.165) is 38.5 Å². The molecule has 6 N–H and O–H groups in total. The number of rotatable bonds is 42. The van der Waals surface area contributed by atoms with Crippen molar-refractivity contribution in [2.24, 2.45) is 0 Å². The maximum Gasteiger partial charge on any atom is 0.220 e. The third-order valence-electron chi connectivity index (χ3n) is 12.2. The molecule has 1 rings (SSSR count). The van der Waals surface area contributed by atoms with Gasteiger partial charge in [-0.2, -0.15) is 0 Å². The maximum atomic E-state index is 13.0. The fraction of sp³-hybridized carbons (Fsp3) is 0.979. The minimum Gasteiger partial charge on any atom is -0.394 e. The first kappa shape index (κ1) is 54.2. The van der Waals surface area contributed by atoms with Gasteiger partial charge >= 0.3 is 0 Å². The number of carbonyl (C=O) groups is 1. The molecule has 0 aromatic carbocycles. The van der Waals surface area contributed by atoms with Gasteiger partial charge in [-0.25, -0.2) is 0 Å². The number of hydrogen-bond donors (Lipinski definition) is 6. The Bertz CT molecular complexity index is 862. The summed E-state index contributed by atoms with van der Waals surface area (Å²) in [6, 6.07) is -0.710. The lowest BCUT2D eigenvalue weighted by Crippen LogP contribution is -2.60. The molecule has 1 saturated heterocycles. The highest BCUT2D eigenvalue weighted by Gasteiger charge is 2.44. The molecule has 9 heteroatoms. The van der Waals surface area contributed by atoms with Crippen molar-refractivity contribution in [2.75, 3.05) is 13.2 Å². The molecule has 0 spiro atoms. The molecular weight excluding hydrogens is 719 g/mol. The topological polar surface area (TPSA) is 149 Å². The minimum atomic E-state index is -1.55. The molecule has 0 aliphatic carbocycles. The zero-order valence-corrected chi connectivity index (χ0v) is 37.4. The summed E-state index contributed by atoms with van der Waals surface area (Å²) in [7, 11) is 0. The second-order valence-electron chi connectivity index (χ2n) is 17.6. The van der Waals surface area contributed by atoms with Crippen LogP contribution in [0.15, 0.2) is 0 Å². The first-order chi connectivity index (χ1) is 27.8. The molecule has 1 heterocycles. The minimum absolute atomic E-state index is 0.132. The highest BCUT2D eigenvalue weighted by atomic mass is 16.7. The van der Waals surface area contributed by atoms with Gasteiger partial charge in [0.05, 0.1) is 25.4 Å². The molecule has 0 bridgehead atoms. The van der Waals surface area contributed by atoms with E-state index in [2.05, 4.69) is 19.2 Å². The van der Waals surface area contributed by atoms with Crippen LogP contribution in [-0.4, -0.2) is 87.5 Å². The Morgan fingerprint density at radius 2 is 0.877 bits per heavy atom. The lowest BCUT2D eigenvalue weighted by Gasteiger charge is -2.40. The lowest BCUT2D eigenvalue weighted by molar-refractivity contribution is -0.302. The molecule has 340 valence electrons. The first-order valence-corrected chi connectivity index (χ1v) is 24.7. The molecular formula is C48H95NO8. The third kappa shape index (κ3) is 30.0. The van der Waals surface area contributed by atoms with E-state index in [1.807, 2.05) is 0 Å². The summed E-state index contributed by atoms with van der Waals surface area (Å²) in [6.45, 7) is 3.83. The Labute approximate surface area is 351 Å². The van der Waals surface area contributed by atoms with E-state index in [4.69, 9.17) is 9.47 Å². The fourth-order valence-corrected chi connectivity index (χ4v) is 8.22. The van der Waals surface area contributed by atoms with Gasteiger partial charge in [-0.1, -0.05) is 226 Å². The van der Waals surface area contributed by atoms with Gasteiger partial charge in [-0.3, -0.25) is 4.79 Å². The lowest BCUT2D eigenvalue weighted by atomic mass is 9.99. The van der Waals surface area contributed by atoms with Crippen LogP contribution in [0.2, 0.25) is 0 Å². The van der Waals surface area contributed by atoms with Crippen LogP contribution in [0.4, 0.5) is 0 Å². The Morgan fingerprint density at radius 3 is 1.25 bits per heavy atom. The van der Waals surface area contributed by atoms with Gasteiger partial charge in [0.2, 0.25) is 5.91 Å². The van der Waals surface area contributed by atoms with E-state index in [-0.39, 0.29) is 12.5 Å². The van der Waals surface area contributed by atoms with Crippen LogP contribution in [0.1, 0.15) is 245 Å². The molecule has 0 aromatic rings. The summed E-state index contributed by atoms with van der Waals surface area (Å²) in [5.41, 5.74) is 0. The molecule has 9 nitrogen and oxygen atoms in total. The van der Waals surface area contributed by atoms with Crippen molar-refractivity contribution in [3.8, 4) is 0 Å². The first-order valence-electron chi connectivity index (χ1n) is 24.7. The molecule has 0 radical (unpaired) electrons. The zero-order valence-electron chi connectivity index (χ0n) is 37.4. The van der Waals surface area contributed by atoms with Gasteiger partial charge in [-0.15, -0.1) is 0 Å². The van der Waals surface area contributed by atoms with E-state index < -0.39 is 49.5 Å². The average molecular weight is 814 g/mol. The standard InChI is InChI=1S/C48H95NO8/c1-3-5-7-9-11-13-14-15-16-17-18-19-20-21-22-23-24-25-26-27-28-30-32-34-36-38-44(52)49-41(42(51)37-35-33-31-29-12-10-8-6-4-2)40-56-48-47(55)46(54)45(53)43(39-50)57-48/h41-43,45-48,50-51,53-55H,3-40H2,1-2H3,(H,49,52). The Hall–Kier alpha value is -0.810. The molecule has 7 atom stereocenters. The number of aliphatic hydroxyl groups excluding tert-OH is 5. The summed E-state index contributed by atoms with van der Waals surface area (Å²) in [6.07, 6.45) is 37.1. The summed E-state index contributed by atoms with van der Waals surface area (Å²) in [5.74, 6) is -0.141. The molecule has 1 amide bonds. The third-order valence-corrected chi connectivity index (χ3v) is 12.2. The largest absolute Gasteiger partial charge is 0.394 e. The predicted molar refractivity (Wildman–Crippen MR) is 235 cm³/mol. The highest BCUT2D eigenvalue weighted by molar-refractivity contribution is 5.76. The number of hydrogen-bond acceptors (Lipinski definition) is 8. The fourth-order valence-electron chi connectivity index (χ4n) is 8.22. The molecule has 57 heavy (non-hydrogen) atoms. The second kappa shape index (κ2) is 39.3. The van der Waals surface area contributed by atoms with Crippen LogP contribution in [-0.2, 0) is 14.3 Å². The van der Waals surface area contributed by atoms with Crippen LogP contribution in [0.3, 0.4) is 0 Å². The zero-order chi connectivity index (χ0) is 41.6. The summed E-state index contributed by atoms with van der Waals surface area (Å²) < 4.78 is 11.2. The quantitative estimate of drug-likeness (QED) is 0.0334. The van der Waals surface area contributed by atoms with E-state index in [1.54, 1.807) is 0 Å². The van der Waals surface area contributed by atoms with Crippen LogP contribution in [0.5, 0.6) is 0 Å². The second-order valence-corrected chi connectivity index (χ2v) is 17.6. The predicted octanol–water partition coefficient (Wildman–Crippen LogP) is 10.7. The van der Waals surface area contributed by atoms with E-state index in [0.29, 0.717) is 12.8 Å². The van der Waals surface area contributed by atoms with Gasteiger partial charge < -0.3 is 40.3 Å². The van der Waals surface area contributed by atoms with Gasteiger partial charge in [0.1, 0.15) is 24.4 Å². The van der Waals surface area contributed by atoms with Crippen molar-refractivity contribution in [1.29, 1.82) is 0 Å². The van der Waals surface area contributed by atoms with Gasteiger partial charge in [-0.05, 0) is 12.8 Å². The van der Waals surface area contributed by atoms with E-state index in [1.165, 1.54) is 180 Å². The van der Waals surface area contributed by atoms with Crippen molar-refractivity contribution in [1.82, 2.24) is 5.32 Å². The number of ether oxygens (including phenoxy) is 2. The van der Waals surface area contributed by atoms with Gasteiger partial charge in [0, 0.05) is 6.42 Å². The van der Waals surface area contributed by atoms with Crippen LogP contribution < -0.4 is 5.32 Å². The Balaban J connectivity index is 2.15. The van der Waals surface area contributed by atoms with Crippen molar-refractivity contribution in [3.63, 3.8) is 0 Å². The molecule has 1 aliphatic rings. The molecule has 0 aromatic heterocycles. The van der Waals surface area contributed by atoms with Gasteiger partial charge in [0.15, 0.2) is 6.29 Å². The molecule has 0 saturated carbocycles. The van der Waals surface area contributed by atoms with Crippen molar-refractivity contribution >= 4 is 5.91 Å². The highest BCUT2D eigenvalue weighted by Crippen LogP contribution is 2.23. The van der Waals surface area contributed by atoms with Crippen molar-refractivity contribution in [2.45, 2.75) is 288 Å². The molecule has 1 fully saturated rings. The van der Waals surface area contributed by atoms with Crippen LogP contribution in [0.25, 0.3) is 0 Å².